The average molecular weight is 427 g/mol. The van der Waals surface area contributed by atoms with Crippen LogP contribution in [-0.4, -0.2) is 28.6 Å². The molecule has 0 radical (unpaired) electrons. The third kappa shape index (κ3) is 2.59. The number of aromatic nitrogens is 2. The second kappa shape index (κ2) is 6.34. The highest BCUT2D eigenvalue weighted by atomic mass is 35.5. The molecule has 2 amide bonds. The number of amides is 2. The van der Waals surface area contributed by atoms with E-state index >= 15 is 0 Å². The molecule has 0 fully saturated rings. The Morgan fingerprint density at radius 2 is 1.79 bits per heavy atom. The Hall–Kier alpha value is -2.83. The number of rotatable bonds is 2. The van der Waals surface area contributed by atoms with Gasteiger partial charge in [-0.15, -0.1) is 0 Å². The molecule has 0 aliphatic carbocycles. The summed E-state index contributed by atoms with van der Waals surface area (Å²) in [6.07, 6.45) is 1.71. The van der Waals surface area contributed by atoms with Gasteiger partial charge in [0.1, 0.15) is 11.2 Å². The van der Waals surface area contributed by atoms with Crippen molar-refractivity contribution in [3.63, 3.8) is 0 Å². The number of hydrogen-bond acceptors (Lipinski definition) is 3. The van der Waals surface area contributed by atoms with E-state index in [4.69, 9.17) is 23.2 Å². The normalized spacial score (nSPS) is 20.0. The monoisotopic (exact) mass is 426 g/mol. The number of nitrogens with zero attached hydrogens (tertiary/aromatic N) is 3. The van der Waals surface area contributed by atoms with Crippen LogP contribution in [0.5, 0.6) is 0 Å². The molecule has 6 nitrogen and oxygen atoms in total. The summed E-state index contributed by atoms with van der Waals surface area (Å²) >= 11 is 12.2. The van der Waals surface area contributed by atoms with Crippen LogP contribution in [0.4, 0.5) is 11.5 Å². The minimum atomic E-state index is -1.13. The first-order valence-corrected chi connectivity index (χ1v) is 9.84. The lowest BCUT2D eigenvalue weighted by molar-refractivity contribution is -0.126. The van der Waals surface area contributed by atoms with Crippen LogP contribution in [-0.2, 0) is 21.5 Å². The summed E-state index contributed by atoms with van der Waals surface area (Å²) < 4.78 is 1.74. The van der Waals surface area contributed by atoms with Gasteiger partial charge in [0.15, 0.2) is 0 Å². The summed E-state index contributed by atoms with van der Waals surface area (Å²) in [4.78, 5) is 27.7. The predicted molar refractivity (Wildman–Crippen MR) is 112 cm³/mol. The van der Waals surface area contributed by atoms with E-state index in [9.17, 15) is 9.59 Å². The van der Waals surface area contributed by atoms with Gasteiger partial charge in [0, 0.05) is 28.3 Å². The molecular weight excluding hydrogens is 411 g/mol. The molecule has 1 N–H and O–H groups in total. The lowest BCUT2D eigenvalue weighted by atomic mass is 9.71. The maximum atomic E-state index is 13.2. The molecule has 2 aliphatic rings. The molecule has 8 heteroatoms. The van der Waals surface area contributed by atoms with Gasteiger partial charge in [-0.2, -0.15) is 5.10 Å². The molecule has 2 aliphatic heterocycles. The van der Waals surface area contributed by atoms with Crippen LogP contribution in [0.2, 0.25) is 10.0 Å². The van der Waals surface area contributed by atoms with E-state index in [-0.39, 0.29) is 18.2 Å². The van der Waals surface area contributed by atoms with Crippen LogP contribution in [0.15, 0.2) is 48.7 Å². The molecule has 0 unspecified atom stereocenters. The standard InChI is InChI=1S/C21H16Cl2N4O2/c1-26-18(28)9-21(15-8-14(23)6-7-17(15)25-20(21)29)16-10-24-27(19(16)26)11-12-2-4-13(22)5-3-12/h2-8,10H,9,11H2,1H3,(H,25,29)/t21-/m1/s1. The van der Waals surface area contributed by atoms with Gasteiger partial charge in [-0.05, 0) is 41.5 Å². The summed E-state index contributed by atoms with van der Waals surface area (Å²) in [5.74, 6) is 0.223. The average Bonchev–Trinajstić information content (AvgIpc) is 3.22. The first kappa shape index (κ1) is 18.2. The van der Waals surface area contributed by atoms with Gasteiger partial charge >= 0.3 is 0 Å². The van der Waals surface area contributed by atoms with E-state index in [0.717, 1.165) is 5.56 Å². The maximum absolute atomic E-state index is 13.2. The Morgan fingerprint density at radius 1 is 1.07 bits per heavy atom. The fourth-order valence-corrected chi connectivity index (χ4v) is 4.54. The lowest BCUT2D eigenvalue weighted by Gasteiger charge is -2.36. The van der Waals surface area contributed by atoms with Gasteiger partial charge in [0.05, 0.1) is 19.2 Å². The molecule has 0 saturated carbocycles. The molecule has 0 bridgehead atoms. The molecular formula is C21H16Cl2N4O2. The van der Waals surface area contributed by atoms with Crippen molar-refractivity contribution in [2.45, 2.75) is 18.4 Å². The Morgan fingerprint density at radius 3 is 2.55 bits per heavy atom. The summed E-state index contributed by atoms with van der Waals surface area (Å²) in [6.45, 7) is 0.449. The number of carbonyl (C=O) groups excluding carboxylic acids is 2. The third-order valence-electron chi connectivity index (χ3n) is 5.70. The van der Waals surface area contributed by atoms with Crippen molar-refractivity contribution < 1.29 is 9.59 Å². The molecule has 5 rings (SSSR count). The van der Waals surface area contributed by atoms with Crippen LogP contribution in [0, 0.1) is 0 Å². The van der Waals surface area contributed by atoms with Crippen LogP contribution in [0.25, 0.3) is 0 Å². The quantitative estimate of drug-likeness (QED) is 0.676. The van der Waals surface area contributed by atoms with Crippen LogP contribution < -0.4 is 10.2 Å². The molecule has 1 atom stereocenters. The van der Waals surface area contributed by atoms with Crippen molar-refractivity contribution in [1.29, 1.82) is 0 Å². The number of nitrogens with one attached hydrogen (secondary N) is 1. The molecule has 3 heterocycles. The van der Waals surface area contributed by atoms with Crippen molar-refractivity contribution in [3.8, 4) is 0 Å². The Kier molecular flexibility index (Phi) is 3.98. The van der Waals surface area contributed by atoms with Gasteiger partial charge in [-0.1, -0.05) is 35.3 Å². The van der Waals surface area contributed by atoms with E-state index in [1.807, 2.05) is 24.3 Å². The fourth-order valence-electron chi connectivity index (χ4n) is 4.24. The molecule has 0 saturated heterocycles. The van der Waals surface area contributed by atoms with E-state index in [2.05, 4.69) is 10.4 Å². The van der Waals surface area contributed by atoms with E-state index < -0.39 is 5.41 Å². The van der Waals surface area contributed by atoms with Crippen molar-refractivity contribution in [3.05, 3.63) is 75.4 Å². The molecule has 2 aromatic carbocycles. The van der Waals surface area contributed by atoms with Gasteiger partial charge in [-0.25, -0.2) is 4.68 Å². The van der Waals surface area contributed by atoms with Crippen molar-refractivity contribution in [1.82, 2.24) is 9.78 Å². The lowest BCUT2D eigenvalue weighted by Crippen LogP contribution is -2.47. The minimum Gasteiger partial charge on any atom is -0.325 e. The molecule has 29 heavy (non-hydrogen) atoms. The number of carbonyl (C=O) groups is 2. The zero-order valence-electron chi connectivity index (χ0n) is 15.4. The number of hydrogen-bond donors (Lipinski definition) is 1. The van der Waals surface area contributed by atoms with Gasteiger partial charge in [0.25, 0.3) is 0 Å². The number of benzene rings is 2. The van der Waals surface area contributed by atoms with Crippen LogP contribution >= 0.6 is 23.2 Å². The second-order valence-electron chi connectivity index (χ2n) is 7.34. The first-order valence-electron chi connectivity index (χ1n) is 9.09. The van der Waals surface area contributed by atoms with Gasteiger partial charge < -0.3 is 5.32 Å². The van der Waals surface area contributed by atoms with Gasteiger partial charge in [-0.3, -0.25) is 14.5 Å². The van der Waals surface area contributed by atoms with E-state index in [0.29, 0.717) is 39.2 Å². The topological polar surface area (TPSA) is 67.2 Å². The van der Waals surface area contributed by atoms with Crippen LogP contribution in [0.1, 0.15) is 23.1 Å². The zero-order valence-corrected chi connectivity index (χ0v) is 17.0. The maximum Gasteiger partial charge on any atom is 0.240 e. The smallest absolute Gasteiger partial charge is 0.240 e. The summed E-state index contributed by atoms with van der Waals surface area (Å²) in [5.41, 5.74) is 1.95. The minimum absolute atomic E-state index is 0.0301. The Balaban J connectivity index is 1.68. The Labute approximate surface area is 177 Å². The zero-order chi connectivity index (χ0) is 20.3. The summed E-state index contributed by atoms with van der Waals surface area (Å²) in [5, 5.41) is 8.60. The molecule has 146 valence electrons. The first-order chi connectivity index (χ1) is 13.9. The van der Waals surface area contributed by atoms with E-state index in [1.165, 1.54) is 0 Å². The second-order valence-corrected chi connectivity index (χ2v) is 8.22. The largest absolute Gasteiger partial charge is 0.325 e. The van der Waals surface area contributed by atoms with Crippen molar-refractivity contribution in [2.75, 3.05) is 17.3 Å². The number of fused-ring (bicyclic) bond motifs is 4. The van der Waals surface area contributed by atoms with Gasteiger partial charge in [0.2, 0.25) is 11.8 Å². The predicted octanol–water partition coefficient (Wildman–Crippen LogP) is 3.84. The molecule has 1 aromatic heterocycles. The number of halogens is 2. The highest BCUT2D eigenvalue weighted by Crippen LogP contribution is 2.51. The summed E-state index contributed by atoms with van der Waals surface area (Å²) in [6, 6.07) is 12.7. The highest BCUT2D eigenvalue weighted by molar-refractivity contribution is 6.31. The van der Waals surface area contributed by atoms with Crippen molar-refractivity contribution >= 4 is 46.5 Å². The fraction of sp³-hybridized carbons (Fsp3) is 0.190. The van der Waals surface area contributed by atoms with Crippen LogP contribution in [0.3, 0.4) is 0 Å². The van der Waals surface area contributed by atoms with Crippen molar-refractivity contribution in [2.24, 2.45) is 0 Å². The third-order valence-corrected chi connectivity index (χ3v) is 6.19. The van der Waals surface area contributed by atoms with E-state index in [1.54, 1.807) is 41.0 Å². The highest BCUT2D eigenvalue weighted by Gasteiger charge is 2.55. The summed E-state index contributed by atoms with van der Waals surface area (Å²) in [7, 11) is 1.71. The molecule has 3 aromatic rings. The number of anilines is 2. The Bertz CT molecular complexity index is 1170. The SMILES string of the molecule is CN1C(=O)C[C@]2(C(=O)Nc3ccc(Cl)cc32)c2cnn(Cc3ccc(Cl)cc3)c21. The molecule has 1 spiro atoms.